The van der Waals surface area contributed by atoms with Gasteiger partial charge in [0.1, 0.15) is 11.4 Å². The van der Waals surface area contributed by atoms with E-state index in [1.807, 2.05) is 49.7 Å². The number of aromatic nitrogens is 2. The van der Waals surface area contributed by atoms with Gasteiger partial charge in [-0.05, 0) is 45.4 Å². The number of amides is 1. The zero-order valence-corrected chi connectivity index (χ0v) is 17.9. The van der Waals surface area contributed by atoms with Gasteiger partial charge in [0.25, 0.3) is 0 Å². The van der Waals surface area contributed by atoms with Crippen molar-refractivity contribution in [3.8, 4) is 5.75 Å². The molecule has 1 fully saturated rings. The molecular weight excluding hydrogens is 370 g/mol. The van der Waals surface area contributed by atoms with Gasteiger partial charge in [-0.1, -0.05) is 12.1 Å². The van der Waals surface area contributed by atoms with Gasteiger partial charge in [-0.2, -0.15) is 5.10 Å². The Bertz CT molecular complexity index is 841. The van der Waals surface area contributed by atoms with Crippen LogP contribution in [0, 0.1) is 0 Å². The zero-order valence-electron chi connectivity index (χ0n) is 17.9. The minimum absolute atomic E-state index is 0.0879. The van der Waals surface area contributed by atoms with Crippen molar-refractivity contribution in [3.63, 3.8) is 0 Å². The lowest BCUT2D eigenvalue weighted by Gasteiger charge is -2.41. The summed E-state index contributed by atoms with van der Waals surface area (Å²) in [6.45, 7) is 10.1. The highest BCUT2D eigenvalue weighted by atomic mass is 16.6. The molecule has 2 aromatic rings. The third kappa shape index (κ3) is 4.93. The number of piperazine rings is 1. The van der Waals surface area contributed by atoms with Crippen molar-refractivity contribution in [2.24, 2.45) is 0 Å². The molecular formula is C21H31N5O3. The summed E-state index contributed by atoms with van der Waals surface area (Å²) in [6, 6.07) is 7.99. The Kier molecular flexibility index (Phi) is 5.91. The standard InChI is InChI=1S/C21H31N5O3/c1-15-13-24(20(27)29-21(2,3)4)10-11-25(15)19-18(22)12-23-26(19)14-16-6-8-17(28-5)9-7-16/h6-9,12,15H,10-11,13-14,22H2,1-5H3/t15-/m1/s1. The van der Waals surface area contributed by atoms with Crippen molar-refractivity contribution in [2.45, 2.75) is 45.9 Å². The number of nitrogens with two attached hydrogens (primary N) is 1. The summed E-state index contributed by atoms with van der Waals surface area (Å²) in [4.78, 5) is 16.4. The summed E-state index contributed by atoms with van der Waals surface area (Å²) in [5, 5.41) is 4.48. The van der Waals surface area contributed by atoms with Gasteiger partial charge in [0.15, 0.2) is 5.82 Å². The van der Waals surface area contributed by atoms with Crippen LogP contribution < -0.4 is 15.4 Å². The number of rotatable bonds is 4. The minimum atomic E-state index is -0.501. The van der Waals surface area contributed by atoms with E-state index in [-0.39, 0.29) is 12.1 Å². The average molecular weight is 402 g/mol. The molecule has 0 aliphatic carbocycles. The lowest BCUT2D eigenvalue weighted by molar-refractivity contribution is 0.0218. The topological polar surface area (TPSA) is 85.9 Å². The highest BCUT2D eigenvalue weighted by molar-refractivity contribution is 5.69. The summed E-state index contributed by atoms with van der Waals surface area (Å²) < 4.78 is 12.6. The highest BCUT2D eigenvalue weighted by Crippen LogP contribution is 2.28. The van der Waals surface area contributed by atoms with Gasteiger partial charge in [-0.25, -0.2) is 9.48 Å². The van der Waals surface area contributed by atoms with Crippen molar-refractivity contribution >= 4 is 17.6 Å². The minimum Gasteiger partial charge on any atom is -0.497 e. The number of hydrogen-bond donors (Lipinski definition) is 1. The van der Waals surface area contributed by atoms with Crippen molar-refractivity contribution in [1.29, 1.82) is 0 Å². The first-order chi connectivity index (χ1) is 13.7. The number of methoxy groups -OCH3 is 1. The van der Waals surface area contributed by atoms with Crippen molar-refractivity contribution in [1.82, 2.24) is 14.7 Å². The molecule has 0 spiro atoms. The molecule has 1 aromatic heterocycles. The summed E-state index contributed by atoms with van der Waals surface area (Å²) in [5.74, 6) is 1.71. The normalized spacial score (nSPS) is 17.3. The summed E-state index contributed by atoms with van der Waals surface area (Å²) in [5.41, 5.74) is 7.50. The molecule has 29 heavy (non-hydrogen) atoms. The fraction of sp³-hybridized carbons (Fsp3) is 0.524. The van der Waals surface area contributed by atoms with Gasteiger partial charge in [-0.3, -0.25) is 0 Å². The van der Waals surface area contributed by atoms with E-state index >= 15 is 0 Å². The Hall–Kier alpha value is -2.90. The maximum absolute atomic E-state index is 12.4. The van der Waals surface area contributed by atoms with Crippen LogP contribution in [0.1, 0.15) is 33.3 Å². The summed E-state index contributed by atoms with van der Waals surface area (Å²) in [6.07, 6.45) is 1.41. The zero-order chi connectivity index (χ0) is 21.2. The first kappa shape index (κ1) is 20.8. The SMILES string of the molecule is COc1ccc(Cn2ncc(N)c2N2CCN(C(=O)OC(C)(C)C)C[C@H]2C)cc1. The predicted octanol–water partition coefficient (Wildman–Crippen LogP) is 2.97. The van der Waals surface area contributed by atoms with Crippen molar-refractivity contribution in [3.05, 3.63) is 36.0 Å². The van der Waals surface area contributed by atoms with Crippen LogP contribution in [0.15, 0.2) is 30.5 Å². The molecule has 1 aliphatic rings. The Morgan fingerprint density at radius 1 is 1.24 bits per heavy atom. The molecule has 1 aliphatic heterocycles. The summed E-state index contributed by atoms with van der Waals surface area (Å²) >= 11 is 0. The van der Waals surface area contributed by atoms with Crippen molar-refractivity contribution in [2.75, 3.05) is 37.4 Å². The third-order valence-electron chi connectivity index (χ3n) is 4.88. The van der Waals surface area contributed by atoms with E-state index in [0.717, 1.165) is 17.1 Å². The van der Waals surface area contributed by atoms with E-state index in [9.17, 15) is 4.79 Å². The van der Waals surface area contributed by atoms with E-state index in [2.05, 4.69) is 16.9 Å². The van der Waals surface area contributed by atoms with Gasteiger partial charge >= 0.3 is 6.09 Å². The molecule has 1 atom stereocenters. The molecule has 3 rings (SSSR count). The molecule has 158 valence electrons. The summed E-state index contributed by atoms with van der Waals surface area (Å²) in [7, 11) is 1.65. The van der Waals surface area contributed by atoms with Crippen LogP contribution in [0.25, 0.3) is 0 Å². The predicted molar refractivity (Wildman–Crippen MR) is 113 cm³/mol. The number of anilines is 2. The average Bonchev–Trinajstić information content (AvgIpc) is 3.01. The Morgan fingerprint density at radius 3 is 2.52 bits per heavy atom. The number of nitrogen functional groups attached to an aromatic ring is 1. The first-order valence-corrected chi connectivity index (χ1v) is 9.86. The molecule has 1 aromatic carbocycles. The Labute approximate surface area is 172 Å². The molecule has 8 nitrogen and oxygen atoms in total. The molecule has 0 unspecified atom stereocenters. The molecule has 1 saturated heterocycles. The number of carbonyl (C=O) groups excluding carboxylic acids is 1. The van der Waals surface area contributed by atoms with Crippen LogP contribution in [0.4, 0.5) is 16.3 Å². The smallest absolute Gasteiger partial charge is 0.410 e. The maximum Gasteiger partial charge on any atom is 0.410 e. The number of benzene rings is 1. The monoisotopic (exact) mass is 401 g/mol. The highest BCUT2D eigenvalue weighted by Gasteiger charge is 2.32. The largest absolute Gasteiger partial charge is 0.497 e. The quantitative estimate of drug-likeness (QED) is 0.848. The maximum atomic E-state index is 12.4. The molecule has 0 bridgehead atoms. The lowest BCUT2D eigenvalue weighted by Crippen LogP contribution is -2.55. The molecule has 2 heterocycles. The second-order valence-corrected chi connectivity index (χ2v) is 8.40. The molecule has 2 N–H and O–H groups in total. The number of carbonyl (C=O) groups is 1. The molecule has 0 saturated carbocycles. The van der Waals surface area contributed by atoms with Gasteiger partial charge in [0.05, 0.1) is 25.5 Å². The molecule has 8 heteroatoms. The lowest BCUT2D eigenvalue weighted by atomic mass is 10.2. The Balaban J connectivity index is 1.72. The number of ether oxygens (including phenoxy) is 2. The van der Waals surface area contributed by atoms with E-state index in [4.69, 9.17) is 15.2 Å². The fourth-order valence-electron chi connectivity index (χ4n) is 3.49. The van der Waals surface area contributed by atoms with Crippen molar-refractivity contribution < 1.29 is 14.3 Å². The fourth-order valence-corrected chi connectivity index (χ4v) is 3.49. The van der Waals surface area contributed by atoms with Crippen LogP contribution >= 0.6 is 0 Å². The van der Waals surface area contributed by atoms with Gasteiger partial charge in [0.2, 0.25) is 0 Å². The Morgan fingerprint density at radius 2 is 1.93 bits per heavy atom. The van der Waals surface area contributed by atoms with Gasteiger partial charge < -0.3 is 25.0 Å². The molecule has 0 radical (unpaired) electrons. The van der Waals surface area contributed by atoms with Crippen LogP contribution in [0.2, 0.25) is 0 Å². The van der Waals surface area contributed by atoms with Crippen LogP contribution in [-0.2, 0) is 11.3 Å². The molecule has 1 amide bonds. The van der Waals surface area contributed by atoms with E-state index in [0.29, 0.717) is 31.9 Å². The third-order valence-corrected chi connectivity index (χ3v) is 4.88. The van der Waals surface area contributed by atoms with E-state index in [1.165, 1.54) is 0 Å². The number of nitrogens with zero attached hydrogens (tertiary/aromatic N) is 4. The van der Waals surface area contributed by atoms with Crippen LogP contribution in [0.5, 0.6) is 5.75 Å². The second kappa shape index (κ2) is 8.23. The van der Waals surface area contributed by atoms with Gasteiger partial charge in [-0.15, -0.1) is 0 Å². The number of hydrogen-bond acceptors (Lipinski definition) is 6. The second-order valence-electron chi connectivity index (χ2n) is 8.40. The van der Waals surface area contributed by atoms with E-state index in [1.54, 1.807) is 18.2 Å². The van der Waals surface area contributed by atoms with Crippen LogP contribution in [0.3, 0.4) is 0 Å². The first-order valence-electron chi connectivity index (χ1n) is 9.86. The van der Waals surface area contributed by atoms with Crippen LogP contribution in [-0.4, -0.2) is 59.2 Å². The van der Waals surface area contributed by atoms with E-state index < -0.39 is 5.60 Å². The van der Waals surface area contributed by atoms with Gasteiger partial charge in [0, 0.05) is 25.7 Å².